The van der Waals surface area contributed by atoms with Gasteiger partial charge in [-0.2, -0.15) is 4.98 Å². The number of fused-ring (bicyclic) bond motifs is 1. The fourth-order valence-corrected chi connectivity index (χ4v) is 2.34. The van der Waals surface area contributed by atoms with Gasteiger partial charge in [-0.3, -0.25) is 4.90 Å². The lowest BCUT2D eigenvalue weighted by Gasteiger charge is -2.25. The number of aromatic nitrogens is 4. The highest BCUT2D eigenvalue weighted by molar-refractivity contribution is 5.30. The molecule has 0 radical (unpaired) electrons. The van der Waals surface area contributed by atoms with Crippen molar-refractivity contribution >= 4 is 5.78 Å². The monoisotopic (exact) mass is 246 g/mol. The lowest BCUT2D eigenvalue weighted by atomic mass is 10.3. The molecular weight excluding hydrogens is 228 g/mol. The van der Waals surface area contributed by atoms with Crippen molar-refractivity contribution in [3.63, 3.8) is 0 Å². The second-order valence-electron chi connectivity index (χ2n) is 4.80. The lowest BCUT2D eigenvalue weighted by molar-refractivity contribution is 0.228. The number of rotatable bonds is 2. The molecule has 6 heteroatoms. The third-order valence-corrected chi connectivity index (χ3v) is 3.24. The molecule has 1 N–H and O–H groups in total. The molecule has 0 saturated carbocycles. The fourth-order valence-electron chi connectivity index (χ4n) is 2.34. The number of hydrogen-bond donors (Lipinski definition) is 1. The Kier molecular flexibility index (Phi) is 2.97. The molecule has 96 valence electrons. The van der Waals surface area contributed by atoms with Crippen LogP contribution in [0.5, 0.6) is 0 Å². The van der Waals surface area contributed by atoms with Crippen molar-refractivity contribution in [2.24, 2.45) is 0 Å². The highest BCUT2D eigenvalue weighted by Crippen LogP contribution is 2.07. The van der Waals surface area contributed by atoms with Gasteiger partial charge in [0.2, 0.25) is 0 Å². The fraction of sp³-hybridized carbons (Fsp3) is 0.583. The first-order chi connectivity index (χ1) is 8.72. The molecule has 0 amide bonds. The Morgan fingerprint density at radius 3 is 2.78 bits per heavy atom. The SMILES string of the molecule is Cc1cc(C)n2nc(CN3CCNCC3)nc2n1. The van der Waals surface area contributed by atoms with Gasteiger partial charge in [0.15, 0.2) is 5.82 Å². The minimum atomic E-state index is 0.706. The largest absolute Gasteiger partial charge is 0.314 e. The predicted octanol–water partition coefficient (Wildman–Crippen LogP) is 0.146. The van der Waals surface area contributed by atoms with E-state index in [4.69, 9.17) is 0 Å². The topological polar surface area (TPSA) is 58.4 Å². The van der Waals surface area contributed by atoms with Gasteiger partial charge in [-0.05, 0) is 19.9 Å². The van der Waals surface area contributed by atoms with E-state index in [1.807, 2.05) is 24.4 Å². The summed E-state index contributed by atoms with van der Waals surface area (Å²) in [6.07, 6.45) is 0. The Balaban J connectivity index is 1.86. The second kappa shape index (κ2) is 4.62. The lowest BCUT2D eigenvalue weighted by Crippen LogP contribution is -2.43. The molecule has 1 aliphatic heterocycles. The quantitative estimate of drug-likeness (QED) is 0.817. The normalized spacial score (nSPS) is 17.4. The molecule has 0 aliphatic carbocycles. The zero-order chi connectivity index (χ0) is 12.5. The van der Waals surface area contributed by atoms with E-state index < -0.39 is 0 Å². The second-order valence-corrected chi connectivity index (χ2v) is 4.80. The van der Waals surface area contributed by atoms with Crippen molar-refractivity contribution < 1.29 is 0 Å². The van der Waals surface area contributed by atoms with E-state index in [1.165, 1.54) is 0 Å². The summed E-state index contributed by atoms with van der Waals surface area (Å²) in [6.45, 7) is 9.03. The van der Waals surface area contributed by atoms with Gasteiger partial charge in [0.1, 0.15) is 0 Å². The van der Waals surface area contributed by atoms with Crippen LogP contribution in [-0.4, -0.2) is 50.7 Å². The summed E-state index contributed by atoms with van der Waals surface area (Å²) in [5.74, 6) is 1.57. The average molecular weight is 246 g/mol. The third-order valence-electron chi connectivity index (χ3n) is 3.24. The summed E-state index contributed by atoms with van der Waals surface area (Å²) in [4.78, 5) is 11.3. The van der Waals surface area contributed by atoms with E-state index >= 15 is 0 Å². The molecular formula is C12H18N6. The molecule has 6 nitrogen and oxygen atoms in total. The van der Waals surface area contributed by atoms with Crippen molar-refractivity contribution in [1.82, 2.24) is 29.8 Å². The van der Waals surface area contributed by atoms with Crippen LogP contribution in [0.2, 0.25) is 0 Å². The third kappa shape index (κ3) is 2.21. The molecule has 0 unspecified atom stereocenters. The van der Waals surface area contributed by atoms with Gasteiger partial charge >= 0.3 is 0 Å². The minimum Gasteiger partial charge on any atom is -0.314 e. The van der Waals surface area contributed by atoms with Gasteiger partial charge in [0.25, 0.3) is 5.78 Å². The van der Waals surface area contributed by atoms with Gasteiger partial charge in [0, 0.05) is 37.6 Å². The first-order valence-corrected chi connectivity index (χ1v) is 6.35. The average Bonchev–Trinajstić information content (AvgIpc) is 2.73. The van der Waals surface area contributed by atoms with Crippen molar-refractivity contribution in [3.8, 4) is 0 Å². The Morgan fingerprint density at radius 1 is 1.22 bits per heavy atom. The van der Waals surface area contributed by atoms with Crippen LogP contribution in [0.1, 0.15) is 17.2 Å². The molecule has 0 aromatic carbocycles. The summed E-state index contributed by atoms with van der Waals surface area (Å²) < 4.78 is 1.82. The van der Waals surface area contributed by atoms with Crippen molar-refractivity contribution in [1.29, 1.82) is 0 Å². The van der Waals surface area contributed by atoms with Gasteiger partial charge in [-0.25, -0.2) is 9.50 Å². The zero-order valence-electron chi connectivity index (χ0n) is 10.8. The molecule has 0 atom stereocenters. The van der Waals surface area contributed by atoms with Gasteiger partial charge in [0.05, 0.1) is 6.54 Å². The van der Waals surface area contributed by atoms with Crippen LogP contribution in [0.4, 0.5) is 0 Å². The van der Waals surface area contributed by atoms with Crippen molar-refractivity contribution in [2.75, 3.05) is 26.2 Å². The van der Waals surface area contributed by atoms with E-state index in [9.17, 15) is 0 Å². The molecule has 0 spiro atoms. The molecule has 2 aromatic rings. The number of nitrogens with one attached hydrogen (secondary N) is 1. The first kappa shape index (κ1) is 11.6. The summed E-state index contributed by atoms with van der Waals surface area (Å²) in [5, 5.41) is 7.87. The van der Waals surface area contributed by atoms with Gasteiger partial charge in [-0.15, -0.1) is 5.10 Å². The van der Waals surface area contributed by atoms with Crippen LogP contribution in [0, 0.1) is 13.8 Å². The maximum absolute atomic E-state index is 4.53. The Labute approximate surface area is 106 Å². The number of nitrogens with zero attached hydrogens (tertiary/aromatic N) is 5. The van der Waals surface area contributed by atoms with E-state index in [0.717, 1.165) is 49.9 Å². The first-order valence-electron chi connectivity index (χ1n) is 6.35. The van der Waals surface area contributed by atoms with Gasteiger partial charge < -0.3 is 5.32 Å². The molecule has 2 aromatic heterocycles. The summed E-state index contributed by atoms with van der Waals surface area (Å²) >= 11 is 0. The predicted molar refractivity (Wildman–Crippen MR) is 68.4 cm³/mol. The number of aryl methyl sites for hydroxylation is 2. The number of hydrogen-bond acceptors (Lipinski definition) is 5. The van der Waals surface area contributed by atoms with Crippen molar-refractivity contribution in [2.45, 2.75) is 20.4 Å². The van der Waals surface area contributed by atoms with E-state index in [0.29, 0.717) is 5.78 Å². The van der Waals surface area contributed by atoms with Crippen LogP contribution >= 0.6 is 0 Å². The standard InChI is InChI=1S/C12H18N6/c1-9-7-10(2)18-12(14-9)15-11(16-18)8-17-5-3-13-4-6-17/h7,13H,3-6,8H2,1-2H3. The molecule has 1 aliphatic rings. The maximum atomic E-state index is 4.53. The van der Waals surface area contributed by atoms with Crippen LogP contribution < -0.4 is 5.32 Å². The van der Waals surface area contributed by atoms with E-state index in [1.54, 1.807) is 0 Å². The molecule has 3 heterocycles. The van der Waals surface area contributed by atoms with Crippen LogP contribution in [0.15, 0.2) is 6.07 Å². The highest BCUT2D eigenvalue weighted by Gasteiger charge is 2.14. The van der Waals surface area contributed by atoms with Crippen LogP contribution in [-0.2, 0) is 6.54 Å². The van der Waals surface area contributed by atoms with Crippen LogP contribution in [0.25, 0.3) is 5.78 Å². The summed E-state index contributed by atoms with van der Waals surface area (Å²) in [5.41, 5.74) is 2.07. The van der Waals surface area contributed by atoms with E-state index in [-0.39, 0.29) is 0 Å². The summed E-state index contributed by atoms with van der Waals surface area (Å²) in [7, 11) is 0. The molecule has 18 heavy (non-hydrogen) atoms. The smallest absolute Gasteiger partial charge is 0.252 e. The van der Waals surface area contributed by atoms with E-state index in [2.05, 4.69) is 25.3 Å². The zero-order valence-corrected chi connectivity index (χ0v) is 10.8. The molecule has 0 bridgehead atoms. The van der Waals surface area contributed by atoms with Crippen molar-refractivity contribution in [3.05, 3.63) is 23.3 Å². The highest BCUT2D eigenvalue weighted by atomic mass is 15.3. The Bertz CT molecular complexity index is 555. The summed E-state index contributed by atoms with van der Waals surface area (Å²) in [6, 6.07) is 2.02. The number of piperazine rings is 1. The maximum Gasteiger partial charge on any atom is 0.252 e. The van der Waals surface area contributed by atoms with Crippen LogP contribution in [0.3, 0.4) is 0 Å². The molecule has 1 fully saturated rings. The Morgan fingerprint density at radius 2 is 2.00 bits per heavy atom. The Hall–Kier alpha value is -1.53. The van der Waals surface area contributed by atoms with Gasteiger partial charge in [-0.1, -0.05) is 0 Å². The molecule has 1 saturated heterocycles. The molecule has 3 rings (SSSR count). The minimum absolute atomic E-state index is 0.706.